The van der Waals surface area contributed by atoms with Gasteiger partial charge in [0.1, 0.15) is 5.75 Å². The minimum atomic E-state index is -3.56. The summed E-state index contributed by atoms with van der Waals surface area (Å²) in [6.07, 6.45) is 2.79. The Labute approximate surface area is 186 Å². The molecular formula is C22H25N3O4S2. The first kappa shape index (κ1) is 21.7. The molecule has 4 rings (SSSR count). The van der Waals surface area contributed by atoms with Crippen molar-refractivity contribution in [3.8, 4) is 5.75 Å². The predicted octanol–water partition coefficient (Wildman–Crippen LogP) is 4.51. The number of hydrogen-bond acceptors (Lipinski definition) is 6. The molecule has 0 saturated carbocycles. The summed E-state index contributed by atoms with van der Waals surface area (Å²) in [5, 5.41) is 3.27. The molecule has 1 saturated heterocycles. The van der Waals surface area contributed by atoms with Crippen LogP contribution >= 0.6 is 11.3 Å². The minimum Gasteiger partial charge on any atom is -0.494 e. The highest BCUT2D eigenvalue weighted by Crippen LogP contribution is 2.30. The lowest BCUT2D eigenvalue weighted by Gasteiger charge is -2.32. The predicted molar refractivity (Wildman–Crippen MR) is 122 cm³/mol. The molecule has 3 aromatic rings. The lowest BCUT2D eigenvalue weighted by atomic mass is 10.1. The second-order valence-electron chi connectivity index (χ2n) is 7.52. The summed E-state index contributed by atoms with van der Waals surface area (Å²) in [5.41, 5.74) is 1.15. The van der Waals surface area contributed by atoms with Crippen LogP contribution < -0.4 is 10.1 Å². The summed E-state index contributed by atoms with van der Waals surface area (Å²) < 4.78 is 33.9. The Balaban J connectivity index is 1.49. The van der Waals surface area contributed by atoms with Crippen LogP contribution in [-0.2, 0) is 10.0 Å². The van der Waals surface area contributed by atoms with Gasteiger partial charge < -0.3 is 4.74 Å². The number of aromatic nitrogens is 1. The molecule has 1 fully saturated rings. The number of nitrogens with one attached hydrogen (secondary N) is 1. The maximum Gasteiger partial charge on any atom is 0.257 e. The average molecular weight is 460 g/mol. The van der Waals surface area contributed by atoms with Crippen molar-refractivity contribution in [1.29, 1.82) is 0 Å². The van der Waals surface area contributed by atoms with Crippen molar-refractivity contribution < 1.29 is 17.9 Å². The summed E-state index contributed by atoms with van der Waals surface area (Å²) in [5.74, 6) is 0.427. The Morgan fingerprint density at radius 1 is 1.23 bits per heavy atom. The molecule has 0 radical (unpaired) electrons. The number of sulfonamides is 1. The lowest BCUT2D eigenvalue weighted by Crippen LogP contribution is -2.41. The van der Waals surface area contributed by atoms with Crippen LogP contribution in [0.5, 0.6) is 5.75 Å². The number of anilines is 1. The van der Waals surface area contributed by atoms with Gasteiger partial charge >= 0.3 is 0 Å². The standard InChI is InChI=1S/C22H25N3O4S2/c1-3-29-17-9-12-19-20(14-17)30-22(23-19)24-21(26)16-7-10-18(11-8-16)31(27,28)25-13-5-4-6-15(25)2/h7-12,14-15H,3-6,13H2,1-2H3,(H,23,24,26). The van der Waals surface area contributed by atoms with Gasteiger partial charge in [0.15, 0.2) is 5.13 Å². The van der Waals surface area contributed by atoms with Crippen molar-refractivity contribution in [3.63, 3.8) is 0 Å². The molecule has 1 atom stereocenters. The van der Waals surface area contributed by atoms with E-state index in [0.717, 1.165) is 35.2 Å². The smallest absolute Gasteiger partial charge is 0.257 e. The number of carbonyl (C=O) groups excluding carboxylic acids is 1. The van der Waals surface area contributed by atoms with Gasteiger partial charge in [-0.1, -0.05) is 17.8 Å². The van der Waals surface area contributed by atoms with E-state index >= 15 is 0 Å². The van der Waals surface area contributed by atoms with Crippen LogP contribution in [0.15, 0.2) is 47.4 Å². The Morgan fingerprint density at radius 3 is 2.71 bits per heavy atom. The van der Waals surface area contributed by atoms with Gasteiger partial charge in [0, 0.05) is 18.2 Å². The maximum atomic E-state index is 13.0. The monoisotopic (exact) mass is 459 g/mol. The Bertz CT molecular complexity index is 1190. The molecule has 1 aliphatic heterocycles. The number of nitrogens with zero attached hydrogens (tertiary/aromatic N) is 2. The molecule has 7 nitrogen and oxygen atoms in total. The lowest BCUT2D eigenvalue weighted by molar-refractivity contribution is 0.102. The summed E-state index contributed by atoms with van der Waals surface area (Å²) in [6.45, 7) is 4.98. The first-order valence-corrected chi connectivity index (χ1v) is 12.6. The van der Waals surface area contributed by atoms with E-state index in [9.17, 15) is 13.2 Å². The van der Waals surface area contributed by atoms with E-state index in [-0.39, 0.29) is 16.8 Å². The molecule has 2 heterocycles. The largest absolute Gasteiger partial charge is 0.494 e. The molecular weight excluding hydrogens is 434 g/mol. The van der Waals surface area contributed by atoms with Crippen LogP contribution in [-0.4, -0.2) is 42.8 Å². The summed E-state index contributed by atoms with van der Waals surface area (Å²) >= 11 is 1.36. The number of rotatable bonds is 6. The number of fused-ring (bicyclic) bond motifs is 1. The molecule has 1 aromatic heterocycles. The summed E-state index contributed by atoms with van der Waals surface area (Å²) in [4.78, 5) is 17.3. The van der Waals surface area contributed by atoms with E-state index in [1.807, 2.05) is 32.0 Å². The number of piperidine rings is 1. The Kier molecular flexibility index (Phi) is 6.27. The van der Waals surface area contributed by atoms with E-state index in [2.05, 4.69) is 10.3 Å². The van der Waals surface area contributed by atoms with E-state index in [4.69, 9.17) is 4.74 Å². The molecule has 0 spiro atoms. The first-order valence-electron chi connectivity index (χ1n) is 10.3. The molecule has 0 bridgehead atoms. The van der Waals surface area contributed by atoms with Crippen molar-refractivity contribution in [2.24, 2.45) is 0 Å². The van der Waals surface area contributed by atoms with E-state index in [0.29, 0.717) is 23.8 Å². The fraction of sp³-hybridized carbons (Fsp3) is 0.364. The van der Waals surface area contributed by atoms with Crippen LogP contribution in [0.2, 0.25) is 0 Å². The van der Waals surface area contributed by atoms with Crippen LogP contribution in [0, 0.1) is 0 Å². The SMILES string of the molecule is CCOc1ccc2nc(NC(=O)c3ccc(S(=O)(=O)N4CCCCC4C)cc3)sc2c1. The maximum absolute atomic E-state index is 13.0. The normalized spacial score (nSPS) is 17.5. The molecule has 164 valence electrons. The molecule has 9 heteroatoms. The van der Waals surface area contributed by atoms with Gasteiger partial charge in [0.25, 0.3) is 5.91 Å². The molecule has 31 heavy (non-hydrogen) atoms. The zero-order valence-corrected chi connectivity index (χ0v) is 19.1. The van der Waals surface area contributed by atoms with Gasteiger partial charge in [-0.05, 0) is 69.2 Å². The number of thiazole rings is 1. The van der Waals surface area contributed by atoms with E-state index < -0.39 is 10.0 Å². The minimum absolute atomic E-state index is 0.0102. The van der Waals surface area contributed by atoms with Crippen molar-refractivity contribution in [3.05, 3.63) is 48.0 Å². The fourth-order valence-corrected chi connectivity index (χ4v) is 6.32. The molecule has 2 aromatic carbocycles. The number of amides is 1. The third-order valence-corrected chi connectivity index (χ3v) is 8.32. The molecule has 0 aliphatic carbocycles. The Hall–Kier alpha value is -2.49. The third-order valence-electron chi connectivity index (χ3n) is 5.36. The topological polar surface area (TPSA) is 88.6 Å². The van der Waals surface area contributed by atoms with Gasteiger partial charge in [0.2, 0.25) is 10.0 Å². The number of carbonyl (C=O) groups is 1. The zero-order chi connectivity index (χ0) is 22.0. The number of benzene rings is 2. The second kappa shape index (κ2) is 8.94. The van der Waals surface area contributed by atoms with Crippen molar-refractivity contribution in [2.45, 2.75) is 44.0 Å². The highest BCUT2D eigenvalue weighted by Gasteiger charge is 2.30. The average Bonchev–Trinajstić information content (AvgIpc) is 3.15. The fourth-order valence-electron chi connectivity index (χ4n) is 3.73. The zero-order valence-electron chi connectivity index (χ0n) is 17.5. The van der Waals surface area contributed by atoms with Crippen LogP contribution in [0.4, 0.5) is 5.13 Å². The van der Waals surface area contributed by atoms with Gasteiger partial charge in [-0.15, -0.1) is 0 Å². The highest BCUT2D eigenvalue weighted by atomic mass is 32.2. The van der Waals surface area contributed by atoms with Crippen molar-refractivity contribution in [2.75, 3.05) is 18.5 Å². The van der Waals surface area contributed by atoms with Gasteiger partial charge in [-0.25, -0.2) is 13.4 Å². The van der Waals surface area contributed by atoms with E-state index in [1.54, 1.807) is 4.31 Å². The molecule has 1 aliphatic rings. The van der Waals surface area contributed by atoms with Gasteiger partial charge in [0.05, 0.1) is 21.7 Å². The molecule has 1 N–H and O–H groups in total. The summed E-state index contributed by atoms with van der Waals surface area (Å²) in [6, 6.07) is 11.7. The number of hydrogen-bond donors (Lipinski definition) is 1. The highest BCUT2D eigenvalue weighted by molar-refractivity contribution is 7.89. The van der Waals surface area contributed by atoms with Crippen molar-refractivity contribution >= 4 is 42.6 Å². The molecule has 1 unspecified atom stereocenters. The summed E-state index contributed by atoms with van der Waals surface area (Å²) in [7, 11) is -3.56. The molecule has 1 amide bonds. The van der Waals surface area contributed by atoms with Crippen molar-refractivity contribution in [1.82, 2.24) is 9.29 Å². The van der Waals surface area contributed by atoms with E-state index in [1.165, 1.54) is 35.6 Å². The quantitative estimate of drug-likeness (QED) is 0.586. The van der Waals surface area contributed by atoms with Gasteiger partial charge in [-0.3, -0.25) is 10.1 Å². The second-order valence-corrected chi connectivity index (χ2v) is 10.4. The van der Waals surface area contributed by atoms with Gasteiger partial charge in [-0.2, -0.15) is 4.31 Å². The van der Waals surface area contributed by atoms with Crippen LogP contribution in [0.3, 0.4) is 0 Å². The van der Waals surface area contributed by atoms with Crippen LogP contribution in [0.1, 0.15) is 43.5 Å². The third kappa shape index (κ3) is 4.58. The first-order chi connectivity index (χ1) is 14.9. The Morgan fingerprint density at radius 2 is 2.00 bits per heavy atom. The van der Waals surface area contributed by atoms with Crippen LogP contribution in [0.25, 0.3) is 10.2 Å². The number of ether oxygens (including phenoxy) is 1.